The maximum Gasteiger partial charge on any atom is 0.0260 e. The Bertz CT molecular complexity index is 683. The largest absolute Gasteiger partial charge is 0.0616 e. The van der Waals surface area contributed by atoms with E-state index in [1.807, 2.05) is 0 Å². The topological polar surface area (TPSA) is 0 Å². The quantitative estimate of drug-likeness (QED) is 0.501. The molecule has 3 aromatic rings. The van der Waals surface area contributed by atoms with Gasteiger partial charge in [-0.15, -0.1) is 0 Å². The van der Waals surface area contributed by atoms with Crippen molar-refractivity contribution < 1.29 is 0 Å². The normalized spacial score (nSPS) is 11.1. The SMILES string of the molecule is Cc1ccc(Br)c2c1ccc1ccccc12. The van der Waals surface area contributed by atoms with Crippen LogP contribution in [-0.4, -0.2) is 0 Å². The molecular weight excluding hydrogens is 260 g/mol. The van der Waals surface area contributed by atoms with Crippen LogP contribution in [0.15, 0.2) is 53.0 Å². The number of halogens is 1. The molecule has 78 valence electrons. The summed E-state index contributed by atoms with van der Waals surface area (Å²) in [4.78, 5) is 0. The van der Waals surface area contributed by atoms with Crippen LogP contribution < -0.4 is 0 Å². The van der Waals surface area contributed by atoms with E-state index in [0.717, 1.165) is 0 Å². The molecule has 0 aliphatic carbocycles. The molecule has 0 atom stereocenters. The van der Waals surface area contributed by atoms with Crippen LogP contribution in [-0.2, 0) is 0 Å². The van der Waals surface area contributed by atoms with Crippen LogP contribution in [0.4, 0.5) is 0 Å². The highest BCUT2D eigenvalue weighted by Crippen LogP contribution is 2.33. The summed E-state index contributed by atoms with van der Waals surface area (Å²) in [6, 6.07) is 17.2. The second kappa shape index (κ2) is 3.60. The van der Waals surface area contributed by atoms with Crippen molar-refractivity contribution >= 4 is 37.5 Å². The molecule has 0 saturated carbocycles. The Morgan fingerprint density at radius 2 is 1.62 bits per heavy atom. The van der Waals surface area contributed by atoms with Crippen molar-refractivity contribution in [2.75, 3.05) is 0 Å². The molecule has 0 bridgehead atoms. The predicted octanol–water partition coefficient (Wildman–Crippen LogP) is 5.06. The summed E-state index contributed by atoms with van der Waals surface area (Å²) in [5.41, 5.74) is 1.32. The minimum absolute atomic E-state index is 1.17. The predicted molar refractivity (Wildman–Crippen MR) is 73.9 cm³/mol. The van der Waals surface area contributed by atoms with Crippen LogP contribution in [0.1, 0.15) is 5.56 Å². The molecule has 0 heterocycles. The van der Waals surface area contributed by atoms with Gasteiger partial charge in [-0.1, -0.05) is 58.4 Å². The van der Waals surface area contributed by atoms with E-state index >= 15 is 0 Å². The number of fused-ring (bicyclic) bond motifs is 3. The lowest BCUT2D eigenvalue weighted by Crippen LogP contribution is -1.82. The first-order valence-corrected chi connectivity index (χ1v) is 6.13. The standard InChI is InChI=1S/C15H11Br/c1-10-6-9-14(16)15-12(10)8-7-11-4-2-3-5-13(11)15/h2-9H,1H3. The molecule has 0 radical (unpaired) electrons. The van der Waals surface area contributed by atoms with Crippen molar-refractivity contribution in [3.63, 3.8) is 0 Å². The molecule has 0 aliphatic rings. The summed E-state index contributed by atoms with van der Waals surface area (Å²) in [6.45, 7) is 2.16. The van der Waals surface area contributed by atoms with E-state index in [0.29, 0.717) is 0 Å². The summed E-state index contributed by atoms with van der Waals surface area (Å²) in [7, 11) is 0. The van der Waals surface area contributed by atoms with Crippen LogP contribution in [0, 0.1) is 6.92 Å². The van der Waals surface area contributed by atoms with Gasteiger partial charge in [0.2, 0.25) is 0 Å². The molecule has 0 saturated heterocycles. The third-order valence-electron chi connectivity index (χ3n) is 3.07. The van der Waals surface area contributed by atoms with Gasteiger partial charge in [0.1, 0.15) is 0 Å². The van der Waals surface area contributed by atoms with Crippen LogP contribution in [0.3, 0.4) is 0 Å². The Hall–Kier alpha value is -1.34. The number of hydrogen-bond acceptors (Lipinski definition) is 0. The monoisotopic (exact) mass is 270 g/mol. The lowest BCUT2D eigenvalue weighted by molar-refractivity contribution is 1.53. The van der Waals surface area contributed by atoms with Crippen molar-refractivity contribution in [1.82, 2.24) is 0 Å². The summed E-state index contributed by atoms with van der Waals surface area (Å²) in [6.07, 6.45) is 0. The van der Waals surface area contributed by atoms with Crippen LogP contribution in [0.25, 0.3) is 21.5 Å². The van der Waals surface area contributed by atoms with Gasteiger partial charge >= 0.3 is 0 Å². The molecular formula is C15H11Br. The van der Waals surface area contributed by atoms with Gasteiger partial charge < -0.3 is 0 Å². The fourth-order valence-electron chi connectivity index (χ4n) is 2.23. The molecule has 0 fully saturated rings. The fourth-order valence-corrected chi connectivity index (χ4v) is 2.79. The lowest BCUT2D eigenvalue weighted by atomic mass is 9.99. The molecule has 0 aromatic heterocycles. The maximum absolute atomic E-state index is 3.65. The zero-order valence-electron chi connectivity index (χ0n) is 9.00. The average Bonchev–Trinajstić information content (AvgIpc) is 2.33. The smallest absolute Gasteiger partial charge is 0.0260 e. The second-order valence-electron chi connectivity index (χ2n) is 4.07. The fraction of sp³-hybridized carbons (Fsp3) is 0.0667. The van der Waals surface area contributed by atoms with Gasteiger partial charge in [-0.05, 0) is 34.7 Å². The highest BCUT2D eigenvalue weighted by atomic mass is 79.9. The Morgan fingerprint density at radius 3 is 2.50 bits per heavy atom. The van der Waals surface area contributed by atoms with E-state index < -0.39 is 0 Å². The summed E-state index contributed by atoms with van der Waals surface area (Å²) in [5, 5.41) is 5.25. The molecule has 16 heavy (non-hydrogen) atoms. The minimum Gasteiger partial charge on any atom is -0.0616 e. The zero-order chi connectivity index (χ0) is 11.1. The van der Waals surface area contributed by atoms with Crippen LogP contribution in [0.5, 0.6) is 0 Å². The highest BCUT2D eigenvalue weighted by Gasteiger charge is 2.05. The van der Waals surface area contributed by atoms with Gasteiger partial charge in [-0.2, -0.15) is 0 Å². The van der Waals surface area contributed by atoms with E-state index in [1.54, 1.807) is 0 Å². The Kier molecular flexibility index (Phi) is 2.22. The number of aryl methyl sites for hydroxylation is 1. The lowest BCUT2D eigenvalue weighted by Gasteiger charge is -2.08. The van der Waals surface area contributed by atoms with Crippen molar-refractivity contribution in [1.29, 1.82) is 0 Å². The number of benzene rings is 3. The van der Waals surface area contributed by atoms with Gasteiger partial charge in [0.05, 0.1) is 0 Å². The van der Waals surface area contributed by atoms with Crippen LogP contribution in [0.2, 0.25) is 0 Å². The first-order chi connectivity index (χ1) is 7.77. The molecule has 0 N–H and O–H groups in total. The highest BCUT2D eigenvalue weighted by molar-refractivity contribution is 9.10. The minimum atomic E-state index is 1.17. The maximum atomic E-state index is 3.65. The third-order valence-corrected chi connectivity index (χ3v) is 3.73. The van der Waals surface area contributed by atoms with Gasteiger partial charge in [0, 0.05) is 9.86 Å². The molecule has 1 heteroatoms. The number of rotatable bonds is 0. The van der Waals surface area contributed by atoms with Crippen LogP contribution >= 0.6 is 15.9 Å². The van der Waals surface area contributed by atoms with Crippen molar-refractivity contribution in [2.45, 2.75) is 6.92 Å². The van der Waals surface area contributed by atoms with Crippen molar-refractivity contribution in [3.05, 3.63) is 58.6 Å². The van der Waals surface area contributed by atoms with Gasteiger partial charge in [0.15, 0.2) is 0 Å². The summed E-state index contributed by atoms with van der Waals surface area (Å²) in [5.74, 6) is 0. The molecule has 0 aliphatic heterocycles. The molecule has 0 nitrogen and oxygen atoms in total. The summed E-state index contributed by atoms with van der Waals surface area (Å²) >= 11 is 3.65. The number of hydrogen-bond donors (Lipinski definition) is 0. The van der Waals surface area contributed by atoms with E-state index in [-0.39, 0.29) is 0 Å². The molecule has 0 spiro atoms. The Morgan fingerprint density at radius 1 is 0.812 bits per heavy atom. The third kappa shape index (κ3) is 1.35. The average molecular weight is 271 g/mol. The van der Waals surface area contributed by atoms with E-state index in [9.17, 15) is 0 Å². The van der Waals surface area contributed by atoms with Crippen molar-refractivity contribution in [3.8, 4) is 0 Å². The molecule has 3 rings (SSSR count). The molecule has 0 amide bonds. The Labute approximate surface area is 103 Å². The van der Waals surface area contributed by atoms with E-state index in [1.165, 1.54) is 31.6 Å². The summed E-state index contributed by atoms with van der Waals surface area (Å²) < 4.78 is 1.17. The first kappa shape index (κ1) is 9.86. The van der Waals surface area contributed by atoms with Crippen molar-refractivity contribution in [2.24, 2.45) is 0 Å². The zero-order valence-corrected chi connectivity index (χ0v) is 10.6. The first-order valence-electron chi connectivity index (χ1n) is 5.34. The second-order valence-corrected chi connectivity index (χ2v) is 4.93. The van der Waals surface area contributed by atoms with E-state index in [2.05, 4.69) is 71.4 Å². The van der Waals surface area contributed by atoms with Gasteiger partial charge in [0.25, 0.3) is 0 Å². The van der Waals surface area contributed by atoms with E-state index in [4.69, 9.17) is 0 Å². The van der Waals surface area contributed by atoms with Gasteiger partial charge in [-0.25, -0.2) is 0 Å². The Balaban J connectivity index is 2.64. The van der Waals surface area contributed by atoms with Gasteiger partial charge in [-0.3, -0.25) is 0 Å². The molecule has 3 aromatic carbocycles. The molecule has 0 unspecified atom stereocenters.